The number of halogens is 4. The Balaban J connectivity index is 1.80. The molecule has 0 saturated carbocycles. The van der Waals surface area contributed by atoms with Crippen LogP contribution in [0.3, 0.4) is 0 Å². The molecule has 3 aromatic rings. The number of carbonyl (C=O) groups excluding carboxylic acids is 1. The van der Waals surface area contributed by atoms with Gasteiger partial charge in [-0.3, -0.25) is 9.48 Å². The maximum Gasteiger partial charge on any atom is 0.333 e. The van der Waals surface area contributed by atoms with Crippen LogP contribution < -0.4 is 5.32 Å². The van der Waals surface area contributed by atoms with Gasteiger partial charge < -0.3 is 5.32 Å². The van der Waals surface area contributed by atoms with Crippen molar-refractivity contribution in [2.24, 2.45) is 0 Å². The Morgan fingerprint density at radius 1 is 1.35 bits per heavy atom. The second kappa shape index (κ2) is 7.20. The van der Waals surface area contributed by atoms with Gasteiger partial charge in [-0.1, -0.05) is 17.7 Å². The fourth-order valence-electron chi connectivity index (χ4n) is 2.39. The third-order valence-corrected chi connectivity index (χ3v) is 4.03. The van der Waals surface area contributed by atoms with Gasteiger partial charge in [0, 0.05) is 28.5 Å². The normalized spacial score (nSPS) is 11.2. The van der Waals surface area contributed by atoms with Crippen molar-refractivity contribution in [1.82, 2.24) is 19.6 Å². The van der Waals surface area contributed by atoms with E-state index in [1.54, 1.807) is 13.0 Å². The van der Waals surface area contributed by atoms with Crippen molar-refractivity contribution in [2.75, 3.05) is 5.32 Å². The highest BCUT2D eigenvalue weighted by molar-refractivity contribution is 6.31. The average molecular weight is 384 g/mol. The van der Waals surface area contributed by atoms with Gasteiger partial charge in [0.15, 0.2) is 5.82 Å². The summed E-state index contributed by atoms with van der Waals surface area (Å²) in [5.74, 6) is -1.11. The minimum absolute atomic E-state index is 0.0577. The first-order valence-corrected chi connectivity index (χ1v) is 7.85. The first kappa shape index (κ1) is 18.0. The third-order valence-electron chi connectivity index (χ3n) is 3.68. The van der Waals surface area contributed by atoms with E-state index in [4.69, 9.17) is 11.6 Å². The maximum atomic E-state index is 13.9. The van der Waals surface area contributed by atoms with Crippen molar-refractivity contribution in [3.8, 4) is 0 Å². The molecule has 0 saturated heterocycles. The first-order chi connectivity index (χ1) is 12.4. The summed E-state index contributed by atoms with van der Waals surface area (Å²) in [7, 11) is 0. The number of benzene rings is 1. The Morgan fingerprint density at radius 2 is 2.12 bits per heavy atom. The van der Waals surface area contributed by atoms with E-state index in [0.29, 0.717) is 10.4 Å². The molecule has 0 spiro atoms. The predicted octanol–water partition coefficient (Wildman–Crippen LogP) is 3.88. The first-order valence-electron chi connectivity index (χ1n) is 7.47. The van der Waals surface area contributed by atoms with Gasteiger partial charge in [0.1, 0.15) is 11.5 Å². The zero-order valence-electron chi connectivity index (χ0n) is 13.5. The van der Waals surface area contributed by atoms with Crippen LogP contribution in [0.5, 0.6) is 0 Å². The summed E-state index contributed by atoms with van der Waals surface area (Å²) in [5, 5.41) is 10.2. The summed E-state index contributed by atoms with van der Waals surface area (Å²) in [6.07, 6.45) is 1.10. The Bertz CT molecular complexity index is 933. The SMILES string of the molecule is Cc1cc(NC(=O)c2ccnn2C(F)F)nn1Cc1c(F)cccc1Cl. The highest BCUT2D eigenvalue weighted by Crippen LogP contribution is 2.21. The molecule has 0 aliphatic carbocycles. The van der Waals surface area contributed by atoms with Gasteiger partial charge in [0.05, 0.1) is 6.54 Å². The standard InChI is InChI=1S/C16H13ClF3N5O/c1-9-7-14(22-15(26)13-5-6-21-25(13)16(19)20)23-24(9)8-10-11(17)3-2-4-12(10)18/h2-7,16H,8H2,1H3,(H,22,23,26). The van der Waals surface area contributed by atoms with E-state index in [0.717, 1.165) is 6.20 Å². The molecule has 1 amide bonds. The van der Waals surface area contributed by atoms with Crippen LogP contribution in [0.4, 0.5) is 19.0 Å². The topological polar surface area (TPSA) is 64.7 Å². The fourth-order valence-corrected chi connectivity index (χ4v) is 2.62. The van der Waals surface area contributed by atoms with E-state index in [-0.39, 0.29) is 28.6 Å². The van der Waals surface area contributed by atoms with Crippen LogP contribution in [0.2, 0.25) is 5.02 Å². The van der Waals surface area contributed by atoms with Crippen molar-refractivity contribution in [3.63, 3.8) is 0 Å². The smallest absolute Gasteiger partial charge is 0.304 e. The van der Waals surface area contributed by atoms with E-state index in [2.05, 4.69) is 15.5 Å². The summed E-state index contributed by atoms with van der Waals surface area (Å²) >= 11 is 6.01. The number of nitrogens with zero attached hydrogens (tertiary/aromatic N) is 4. The molecule has 0 aliphatic heterocycles. The number of aryl methyl sites for hydroxylation is 1. The van der Waals surface area contributed by atoms with Crippen LogP contribution in [-0.2, 0) is 6.54 Å². The minimum Gasteiger partial charge on any atom is -0.304 e. The summed E-state index contributed by atoms with van der Waals surface area (Å²) in [6, 6.07) is 7.05. The number of hydrogen-bond acceptors (Lipinski definition) is 3. The molecule has 0 bridgehead atoms. The molecule has 3 rings (SSSR count). The van der Waals surface area contributed by atoms with Crippen molar-refractivity contribution < 1.29 is 18.0 Å². The van der Waals surface area contributed by atoms with Gasteiger partial charge >= 0.3 is 6.55 Å². The summed E-state index contributed by atoms with van der Waals surface area (Å²) in [5.41, 5.74) is 0.584. The lowest BCUT2D eigenvalue weighted by atomic mass is 10.2. The van der Waals surface area contributed by atoms with Crippen LogP contribution in [0.15, 0.2) is 36.5 Å². The number of hydrogen-bond donors (Lipinski definition) is 1. The van der Waals surface area contributed by atoms with E-state index >= 15 is 0 Å². The number of nitrogens with one attached hydrogen (secondary N) is 1. The van der Waals surface area contributed by atoms with Gasteiger partial charge in [-0.05, 0) is 25.1 Å². The molecule has 2 aromatic heterocycles. The van der Waals surface area contributed by atoms with Crippen molar-refractivity contribution in [2.45, 2.75) is 20.0 Å². The highest BCUT2D eigenvalue weighted by atomic mass is 35.5. The van der Waals surface area contributed by atoms with Crippen LogP contribution >= 0.6 is 11.6 Å². The van der Waals surface area contributed by atoms with Gasteiger partial charge in [-0.25, -0.2) is 4.39 Å². The number of alkyl halides is 2. The maximum absolute atomic E-state index is 13.9. The molecule has 0 radical (unpaired) electrons. The zero-order valence-corrected chi connectivity index (χ0v) is 14.2. The lowest BCUT2D eigenvalue weighted by Gasteiger charge is -2.08. The molecule has 26 heavy (non-hydrogen) atoms. The van der Waals surface area contributed by atoms with E-state index < -0.39 is 18.3 Å². The molecule has 1 N–H and O–H groups in total. The molecule has 1 aromatic carbocycles. The monoisotopic (exact) mass is 383 g/mol. The molecule has 0 aliphatic rings. The minimum atomic E-state index is -2.94. The van der Waals surface area contributed by atoms with Crippen molar-refractivity contribution >= 4 is 23.3 Å². The fraction of sp³-hybridized carbons (Fsp3) is 0.188. The van der Waals surface area contributed by atoms with Gasteiger partial charge in [0.2, 0.25) is 0 Å². The number of rotatable bonds is 5. The quantitative estimate of drug-likeness (QED) is 0.727. The molecule has 0 fully saturated rings. The van der Waals surface area contributed by atoms with Gasteiger partial charge in [-0.15, -0.1) is 0 Å². The molecular weight excluding hydrogens is 371 g/mol. The molecule has 2 heterocycles. The molecule has 10 heteroatoms. The number of carbonyl (C=O) groups is 1. The van der Waals surface area contributed by atoms with Crippen molar-refractivity contribution in [1.29, 1.82) is 0 Å². The van der Waals surface area contributed by atoms with Gasteiger partial charge in [0.25, 0.3) is 5.91 Å². The second-order valence-corrected chi connectivity index (χ2v) is 5.83. The van der Waals surface area contributed by atoms with Crippen LogP contribution in [0.1, 0.15) is 28.3 Å². The Kier molecular flexibility index (Phi) is 4.99. The van der Waals surface area contributed by atoms with Crippen LogP contribution in [-0.4, -0.2) is 25.5 Å². The largest absolute Gasteiger partial charge is 0.333 e. The summed E-state index contributed by atoms with van der Waals surface area (Å²) in [4.78, 5) is 12.2. The number of aromatic nitrogens is 4. The third kappa shape index (κ3) is 3.57. The Hall–Kier alpha value is -2.81. The lowest BCUT2D eigenvalue weighted by Crippen LogP contribution is -2.18. The van der Waals surface area contributed by atoms with Crippen molar-refractivity contribution in [3.05, 3.63) is 64.3 Å². The zero-order chi connectivity index (χ0) is 18.8. The van der Waals surface area contributed by atoms with Crippen LogP contribution in [0.25, 0.3) is 0 Å². The average Bonchev–Trinajstić information content (AvgIpc) is 3.18. The molecule has 6 nitrogen and oxygen atoms in total. The molecular formula is C16H13ClF3N5O. The van der Waals surface area contributed by atoms with Crippen LogP contribution in [0, 0.1) is 12.7 Å². The van der Waals surface area contributed by atoms with E-state index in [1.807, 2.05) is 0 Å². The molecule has 0 atom stereocenters. The Labute approximate surface area is 151 Å². The summed E-state index contributed by atoms with van der Waals surface area (Å²) < 4.78 is 41.3. The lowest BCUT2D eigenvalue weighted by molar-refractivity contribution is 0.0520. The number of anilines is 1. The summed E-state index contributed by atoms with van der Waals surface area (Å²) in [6.45, 7) is -1.17. The number of amides is 1. The predicted molar refractivity (Wildman–Crippen MR) is 88.9 cm³/mol. The Morgan fingerprint density at radius 3 is 2.81 bits per heavy atom. The molecule has 136 valence electrons. The highest BCUT2D eigenvalue weighted by Gasteiger charge is 2.19. The van der Waals surface area contributed by atoms with Gasteiger partial charge in [-0.2, -0.15) is 23.7 Å². The van der Waals surface area contributed by atoms with E-state index in [1.165, 1.54) is 28.9 Å². The second-order valence-electron chi connectivity index (χ2n) is 5.42. The van der Waals surface area contributed by atoms with E-state index in [9.17, 15) is 18.0 Å². The molecule has 0 unspecified atom stereocenters.